The third kappa shape index (κ3) is 4.23. The molecule has 172 valence electrons. The molecule has 3 aromatic carbocycles. The molecule has 6 heteroatoms. The number of alkyl halides is 3. The Morgan fingerprint density at radius 3 is 2.29 bits per heavy atom. The van der Waals surface area contributed by atoms with Crippen LogP contribution in [0.4, 0.5) is 13.2 Å². The van der Waals surface area contributed by atoms with Crippen LogP contribution in [0.15, 0.2) is 97.3 Å². The van der Waals surface area contributed by atoms with Gasteiger partial charge in [0.05, 0.1) is 22.9 Å². The summed E-state index contributed by atoms with van der Waals surface area (Å²) in [5, 5.41) is 0. The summed E-state index contributed by atoms with van der Waals surface area (Å²) in [6, 6.07) is 24.2. The van der Waals surface area contributed by atoms with E-state index >= 15 is 0 Å². The number of aryl methyl sites for hydroxylation is 1. The molecule has 1 heterocycles. The second kappa shape index (κ2) is 8.86. The third-order valence-corrected chi connectivity index (χ3v) is 6.39. The number of para-hydroxylation sites is 1. The number of aromatic nitrogens is 1. The van der Waals surface area contributed by atoms with E-state index in [0.717, 1.165) is 36.2 Å². The minimum atomic E-state index is -4.39. The number of carbonyl (C=O) groups is 1. The Morgan fingerprint density at radius 2 is 1.56 bits per heavy atom. The Hall–Kier alpha value is -3.80. The summed E-state index contributed by atoms with van der Waals surface area (Å²) < 4.78 is 41.1. The summed E-state index contributed by atoms with van der Waals surface area (Å²) >= 11 is 0. The van der Waals surface area contributed by atoms with E-state index in [-0.39, 0.29) is 18.5 Å². The van der Waals surface area contributed by atoms with Gasteiger partial charge in [0.25, 0.3) is 5.91 Å². The highest BCUT2D eigenvalue weighted by atomic mass is 19.4. The molecule has 0 bridgehead atoms. The highest BCUT2D eigenvalue weighted by Crippen LogP contribution is 2.38. The van der Waals surface area contributed by atoms with Gasteiger partial charge in [0.1, 0.15) is 0 Å². The average molecular weight is 460 g/mol. The quantitative estimate of drug-likeness (QED) is 0.321. The van der Waals surface area contributed by atoms with Gasteiger partial charge >= 0.3 is 6.18 Å². The first-order valence-electron chi connectivity index (χ1n) is 11.2. The first-order valence-corrected chi connectivity index (χ1v) is 11.2. The van der Waals surface area contributed by atoms with Crippen molar-refractivity contribution in [2.45, 2.75) is 31.6 Å². The van der Waals surface area contributed by atoms with E-state index in [0.29, 0.717) is 11.1 Å². The molecular weight excluding hydrogens is 437 g/mol. The van der Waals surface area contributed by atoms with Crippen molar-refractivity contribution in [3.05, 3.63) is 125 Å². The highest BCUT2D eigenvalue weighted by molar-refractivity contribution is 5.98. The summed E-state index contributed by atoms with van der Waals surface area (Å²) in [5.74, 6) is -0.147. The van der Waals surface area contributed by atoms with Gasteiger partial charge in [-0.05, 0) is 65.9 Å². The molecule has 0 saturated carbocycles. The fourth-order valence-electron chi connectivity index (χ4n) is 4.71. The van der Waals surface area contributed by atoms with Gasteiger partial charge < -0.3 is 9.47 Å². The summed E-state index contributed by atoms with van der Waals surface area (Å²) in [5.41, 5.74) is 3.58. The maximum absolute atomic E-state index is 14.0. The zero-order valence-corrected chi connectivity index (χ0v) is 18.4. The van der Waals surface area contributed by atoms with E-state index < -0.39 is 11.7 Å². The lowest BCUT2D eigenvalue weighted by Crippen LogP contribution is -2.34. The van der Waals surface area contributed by atoms with Crippen molar-refractivity contribution >= 4 is 5.91 Å². The topological polar surface area (TPSA) is 25.2 Å². The van der Waals surface area contributed by atoms with Crippen LogP contribution < -0.4 is 0 Å². The largest absolute Gasteiger partial charge is 0.416 e. The van der Waals surface area contributed by atoms with Gasteiger partial charge in [-0.25, -0.2) is 0 Å². The smallest absolute Gasteiger partial charge is 0.327 e. The number of amides is 1. The summed E-state index contributed by atoms with van der Waals surface area (Å²) in [6.07, 6.45) is 1.01. The van der Waals surface area contributed by atoms with Crippen molar-refractivity contribution in [3.8, 4) is 5.69 Å². The Balaban J connectivity index is 1.54. The van der Waals surface area contributed by atoms with Crippen molar-refractivity contribution < 1.29 is 18.0 Å². The molecule has 0 N–H and O–H groups in total. The Bertz CT molecular complexity index is 1290. The van der Waals surface area contributed by atoms with Crippen molar-refractivity contribution in [1.82, 2.24) is 9.47 Å². The number of hydrogen-bond donors (Lipinski definition) is 0. The third-order valence-electron chi connectivity index (χ3n) is 6.39. The number of fused-ring (bicyclic) bond motifs is 1. The molecule has 0 saturated heterocycles. The van der Waals surface area contributed by atoms with Crippen LogP contribution >= 0.6 is 0 Å². The molecule has 0 radical (unpaired) electrons. The molecule has 1 unspecified atom stereocenters. The molecule has 0 spiro atoms. The fraction of sp³-hybridized carbons (Fsp3) is 0.179. The summed E-state index contributed by atoms with van der Waals surface area (Å²) in [4.78, 5) is 15.8. The predicted molar refractivity (Wildman–Crippen MR) is 125 cm³/mol. The summed E-state index contributed by atoms with van der Waals surface area (Å²) in [7, 11) is 0. The van der Waals surface area contributed by atoms with Gasteiger partial charge in [-0.15, -0.1) is 0 Å². The number of benzene rings is 3. The number of carbonyl (C=O) groups excluding carboxylic acids is 1. The predicted octanol–water partition coefficient (Wildman–Crippen LogP) is 6.83. The van der Waals surface area contributed by atoms with E-state index in [4.69, 9.17) is 0 Å². The number of nitrogens with zero attached hydrogens (tertiary/aromatic N) is 2. The second-order valence-electron chi connectivity index (χ2n) is 8.49. The maximum atomic E-state index is 14.0. The SMILES string of the molecule is O=C(c1ccccc1-n1cccc1)N(Cc1ccc(C(F)(F)F)cc1)C1CCc2ccccc21. The molecule has 3 nitrogen and oxygen atoms in total. The molecule has 1 aromatic heterocycles. The van der Waals surface area contributed by atoms with Crippen LogP contribution in [0.5, 0.6) is 0 Å². The number of hydrogen-bond acceptors (Lipinski definition) is 1. The van der Waals surface area contributed by atoms with Crippen LogP contribution in [0.25, 0.3) is 5.69 Å². The molecule has 1 atom stereocenters. The molecule has 5 rings (SSSR count). The molecule has 0 aliphatic heterocycles. The number of halogens is 3. The molecule has 1 aliphatic carbocycles. The van der Waals surface area contributed by atoms with Gasteiger partial charge in [-0.3, -0.25) is 4.79 Å². The lowest BCUT2D eigenvalue weighted by Gasteiger charge is -2.31. The molecule has 1 amide bonds. The normalized spacial score (nSPS) is 15.2. The molecule has 1 aliphatic rings. The van der Waals surface area contributed by atoms with Gasteiger partial charge in [0.2, 0.25) is 0 Å². The monoisotopic (exact) mass is 460 g/mol. The van der Waals surface area contributed by atoms with E-state index in [1.165, 1.54) is 17.7 Å². The Labute approximate surface area is 196 Å². The first-order chi connectivity index (χ1) is 16.4. The molecule has 34 heavy (non-hydrogen) atoms. The van der Waals surface area contributed by atoms with E-state index in [2.05, 4.69) is 6.07 Å². The lowest BCUT2D eigenvalue weighted by atomic mass is 10.0. The van der Waals surface area contributed by atoms with Crippen LogP contribution in [0, 0.1) is 0 Å². The Kier molecular flexibility index (Phi) is 5.74. The van der Waals surface area contributed by atoms with Gasteiger partial charge in [0, 0.05) is 18.9 Å². The van der Waals surface area contributed by atoms with E-state index in [9.17, 15) is 18.0 Å². The van der Waals surface area contributed by atoms with Crippen LogP contribution in [0.3, 0.4) is 0 Å². The molecular formula is C28H23F3N2O. The zero-order chi connectivity index (χ0) is 23.7. The fourth-order valence-corrected chi connectivity index (χ4v) is 4.71. The van der Waals surface area contributed by atoms with Crippen molar-refractivity contribution in [2.24, 2.45) is 0 Å². The van der Waals surface area contributed by atoms with Gasteiger partial charge in [0.15, 0.2) is 0 Å². The Morgan fingerprint density at radius 1 is 0.882 bits per heavy atom. The summed E-state index contributed by atoms with van der Waals surface area (Å²) in [6.45, 7) is 0.218. The molecule has 0 fully saturated rings. The lowest BCUT2D eigenvalue weighted by molar-refractivity contribution is -0.137. The van der Waals surface area contributed by atoms with Crippen LogP contribution in [0.1, 0.15) is 45.1 Å². The zero-order valence-electron chi connectivity index (χ0n) is 18.4. The maximum Gasteiger partial charge on any atom is 0.416 e. The van der Waals surface area contributed by atoms with Crippen molar-refractivity contribution in [2.75, 3.05) is 0 Å². The van der Waals surface area contributed by atoms with Crippen LogP contribution in [0.2, 0.25) is 0 Å². The number of rotatable bonds is 5. The minimum absolute atomic E-state index is 0.147. The minimum Gasteiger partial charge on any atom is -0.327 e. The van der Waals surface area contributed by atoms with Crippen LogP contribution in [-0.2, 0) is 19.1 Å². The highest BCUT2D eigenvalue weighted by Gasteiger charge is 2.33. The van der Waals surface area contributed by atoms with Crippen molar-refractivity contribution in [3.63, 3.8) is 0 Å². The van der Waals surface area contributed by atoms with Gasteiger partial charge in [-0.2, -0.15) is 13.2 Å². The van der Waals surface area contributed by atoms with Crippen LogP contribution in [-0.4, -0.2) is 15.4 Å². The first kappa shape index (κ1) is 22.0. The van der Waals surface area contributed by atoms with E-state index in [1.807, 2.05) is 65.5 Å². The van der Waals surface area contributed by atoms with E-state index in [1.54, 1.807) is 11.0 Å². The second-order valence-corrected chi connectivity index (χ2v) is 8.49. The van der Waals surface area contributed by atoms with Gasteiger partial charge in [-0.1, -0.05) is 48.5 Å². The average Bonchev–Trinajstić information content (AvgIpc) is 3.52. The van der Waals surface area contributed by atoms with Crippen molar-refractivity contribution in [1.29, 1.82) is 0 Å². The molecule has 4 aromatic rings. The standard InChI is InChI=1S/C28H23F3N2O/c29-28(30,31)22-14-11-20(12-15-22)19-33(26-16-13-21-7-1-2-8-23(21)26)27(34)24-9-3-4-10-25(24)32-17-5-6-18-32/h1-12,14-15,17-18,26H,13,16,19H2.